The Morgan fingerprint density at radius 2 is 1.72 bits per heavy atom. The van der Waals surface area contributed by atoms with Gasteiger partial charge in [0.05, 0.1) is 12.1 Å². The highest BCUT2D eigenvalue weighted by molar-refractivity contribution is 5.85. The predicted molar refractivity (Wildman–Crippen MR) is 98.9 cm³/mol. The van der Waals surface area contributed by atoms with Gasteiger partial charge < -0.3 is 16.4 Å². The van der Waals surface area contributed by atoms with Gasteiger partial charge in [-0.3, -0.25) is 14.5 Å². The SMILES string of the molecule is CC(C)(C(=O)NCc1ccc(CCNCC(N)=O)cc1)N1CCCC1. The Morgan fingerprint density at radius 1 is 1.12 bits per heavy atom. The van der Waals surface area contributed by atoms with Gasteiger partial charge in [-0.1, -0.05) is 24.3 Å². The van der Waals surface area contributed by atoms with Crippen molar-refractivity contribution in [1.29, 1.82) is 0 Å². The van der Waals surface area contributed by atoms with E-state index in [-0.39, 0.29) is 18.4 Å². The molecule has 6 nitrogen and oxygen atoms in total. The molecular formula is C19H30N4O2. The molecule has 0 atom stereocenters. The molecule has 1 heterocycles. The number of carbonyl (C=O) groups excluding carboxylic acids is 2. The number of rotatable bonds is 9. The summed E-state index contributed by atoms with van der Waals surface area (Å²) in [5.41, 5.74) is 6.89. The fourth-order valence-corrected chi connectivity index (χ4v) is 3.09. The number of likely N-dealkylation sites (tertiary alicyclic amines) is 1. The molecule has 138 valence electrons. The predicted octanol–water partition coefficient (Wildman–Crippen LogP) is 0.795. The molecule has 1 fully saturated rings. The molecule has 2 amide bonds. The number of benzene rings is 1. The second kappa shape index (κ2) is 8.97. The molecule has 0 radical (unpaired) electrons. The molecule has 4 N–H and O–H groups in total. The summed E-state index contributed by atoms with van der Waals surface area (Å²) >= 11 is 0. The maximum Gasteiger partial charge on any atom is 0.240 e. The minimum absolute atomic E-state index is 0.0779. The Labute approximate surface area is 150 Å². The molecule has 0 aliphatic carbocycles. The lowest BCUT2D eigenvalue weighted by atomic mass is 10.0. The van der Waals surface area contributed by atoms with E-state index in [2.05, 4.69) is 27.7 Å². The van der Waals surface area contributed by atoms with Crippen molar-refractivity contribution in [2.24, 2.45) is 5.73 Å². The van der Waals surface area contributed by atoms with E-state index in [1.807, 2.05) is 26.0 Å². The summed E-state index contributed by atoms with van der Waals surface area (Å²) < 4.78 is 0. The van der Waals surface area contributed by atoms with E-state index >= 15 is 0 Å². The number of amides is 2. The van der Waals surface area contributed by atoms with Crippen molar-refractivity contribution in [3.63, 3.8) is 0 Å². The van der Waals surface area contributed by atoms with E-state index in [1.54, 1.807) is 0 Å². The summed E-state index contributed by atoms with van der Waals surface area (Å²) in [7, 11) is 0. The summed E-state index contributed by atoms with van der Waals surface area (Å²) in [6, 6.07) is 8.18. The zero-order valence-electron chi connectivity index (χ0n) is 15.3. The van der Waals surface area contributed by atoms with E-state index in [0.29, 0.717) is 13.1 Å². The third kappa shape index (κ3) is 5.83. The number of nitrogens with one attached hydrogen (secondary N) is 2. The van der Waals surface area contributed by atoms with E-state index < -0.39 is 5.54 Å². The van der Waals surface area contributed by atoms with Crippen molar-refractivity contribution in [3.8, 4) is 0 Å². The van der Waals surface area contributed by atoms with Crippen LogP contribution in [0.5, 0.6) is 0 Å². The molecular weight excluding hydrogens is 316 g/mol. The second-order valence-corrected chi connectivity index (χ2v) is 7.15. The fourth-order valence-electron chi connectivity index (χ4n) is 3.09. The van der Waals surface area contributed by atoms with Gasteiger partial charge in [0.15, 0.2) is 0 Å². The first kappa shape index (κ1) is 19.4. The largest absolute Gasteiger partial charge is 0.369 e. The first-order valence-corrected chi connectivity index (χ1v) is 9.00. The van der Waals surface area contributed by atoms with Gasteiger partial charge >= 0.3 is 0 Å². The number of nitrogens with zero attached hydrogens (tertiary/aromatic N) is 1. The molecule has 0 spiro atoms. The van der Waals surface area contributed by atoms with Crippen LogP contribution in [0.3, 0.4) is 0 Å². The summed E-state index contributed by atoms with van der Waals surface area (Å²) in [5.74, 6) is -0.267. The van der Waals surface area contributed by atoms with E-state index in [4.69, 9.17) is 5.73 Å². The highest BCUT2D eigenvalue weighted by Gasteiger charge is 2.35. The van der Waals surface area contributed by atoms with Crippen LogP contribution in [0.4, 0.5) is 0 Å². The van der Waals surface area contributed by atoms with E-state index in [0.717, 1.165) is 25.1 Å². The second-order valence-electron chi connectivity index (χ2n) is 7.15. The quantitative estimate of drug-likeness (QED) is 0.577. The van der Waals surface area contributed by atoms with Crippen LogP contribution in [0, 0.1) is 0 Å². The molecule has 0 bridgehead atoms. The third-order valence-electron chi connectivity index (χ3n) is 4.82. The van der Waals surface area contributed by atoms with Crippen molar-refractivity contribution < 1.29 is 9.59 Å². The minimum Gasteiger partial charge on any atom is -0.369 e. The first-order valence-electron chi connectivity index (χ1n) is 9.00. The first-order chi connectivity index (χ1) is 11.9. The lowest BCUT2D eigenvalue weighted by Crippen LogP contribution is -2.53. The van der Waals surface area contributed by atoms with Gasteiger partial charge in [-0.2, -0.15) is 0 Å². The summed E-state index contributed by atoms with van der Waals surface area (Å²) in [6.07, 6.45) is 3.18. The molecule has 0 aromatic heterocycles. The molecule has 0 unspecified atom stereocenters. The van der Waals surface area contributed by atoms with Crippen LogP contribution in [-0.4, -0.2) is 48.4 Å². The average molecular weight is 346 g/mol. The smallest absolute Gasteiger partial charge is 0.240 e. The highest BCUT2D eigenvalue weighted by Crippen LogP contribution is 2.21. The van der Waals surface area contributed by atoms with E-state index in [9.17, 15) is 9.59 Å². The van der Waals surface area contributed by atoms with Gasteiger partial charge in [-0.05, 0) is 63.9 Å². The summed E-state index contributed by atoms with van der Waals surface area (Å²) in [6.45, 7) is 7.44. The van der Waals surface area contributed by atoms with Crippen LogP contribution in [0.25, 0.3) is 0 Å². The Balaban J connectivity index is 1.77. The normalized spacial score (nSPS) is 15.3. The van der Waals surface area contributed by atoms with Gasteiger partial charge in [-0.15, -0.1) is 0 Å². The number of carbonyl (C=O) groups is 2. The Bertz CT molecular complexity index is 578. The molecule has 0 saturated carbocycles. The molecule has 1 saturated heterocycles. The maximum atomic E-state index is 12.5. The van der Waals surface area contributed by atoms with Gasteiger partial charge in [0.2, 0.25) is 11.8 Å². The summed E-state index contributed by atoms with van der Waals surface area (Å²) in [4.78, 5) is 25.4. The minimum atomic E-state index is -0.456. The van der Waals surface area contributed by atoms with Crippen LogP contribution in [0.15, 0.2) is 24.3 Å². The van der Waals surface area contributed by atoms with Gasteiger partial charge in [0.1, 0.15) is 0 Å². The van der Waals surface area contributed by atoms with Crippen LogP contribution in [0.1, 0.15) is 37.8 Å². The van der Waals surface area contributed by atoms with Crippen LogP contribution >= 0.6 is 0 Å². The molecule has 1 aliphatic rings. The van der Waals surface area contributed by atoms with Crippen molar-refractivity contribution >= 4 is 11.8 Å². The van der Waals surface area contributed by atoms with E-state index in [1.165, 1.54) is 18.4 Å². The fraction of sp³-hybridized carbons (Fsp3) is 0.579. The third-order valence-corrected chi connectivity index (χ3v) is 4.82. The number of hydrogen-bond donors (Lipinski definition) is 3. The zero-order chi connectivity index (χ0) is 18.3. The monoisotopic (exact) mass is 346 g/mol. The van der Waals surface area contributed by atoms with Crippen molar-refractivity contribution in [2.45, 2.75) is 45.2 Å². The topological polar surface area (TPSA) is 87.5 Å². The molecule has 6 heteroatoms. The number of primary amides is 1. The molecule has 1 aromatic rings. The standard InChI is InChI=1S/C19H30N4O2/c1-19(2,23-11-3-4-12-23)18(25)22-13-16-7-5-15(6-8-16)9-10-21-14-17(20)24/h5-8,21H,3-4,9-14H2,1-2H3,(H2,20,24)(H,22,25). The summed E-state index contributed by atoms with van der Waals surface area (Å²) in [5, 5.41) is 6.05. The maximum absolute atomic E-state index is 12.5. The Kier molecular flexibility index (Phi) is 6.96. The Hall–Kier alpha value is -1.92. The van der Waals surface area contributed by atoms with Crippen LogP contribution in [-0.2, 0) is 22.6 Å². The molecule has 1 aliphatic heterocycles. The zero-order valence-corrected chi connectivity index (χ0v) is 15.3. The van der Waals surface area contributed by atoms with Gasteiger partial charge in [0, 0.05) is 6.54 Å². The average Bonchev–Trinajstić information content (AvgIpc) is 3.12. The molecule has 1 aromatic carbocycles. The molecule has 25 heavy (non-hydrogen) atoms. The highest BCUT2D eigenvalue weighted by atomic mass is 16.2. The van der Waals surface area contributed by atoms with Crippen LogP contribution < -0.4 is 16.4 Å². The van der Waals surface area contributed by atoms with Gasteiger partial charge in [0.25, 0.3) is 0 Å². The lowest BCUT2D eigenvalue weighted by molar-refractivity contribution is -0.131. The van der Waals surface area contributed by atoms with Crippen LogP contribution in [0.2, 0.25) is 0 Å². The number of hydrogen-bond acceptors (Lipinski definition) is 4. The van der Waals surface area contributed by atoms with Gasteiger partial charge in [-0.25, -0.2) is 0 Å². The Morgan fingerprint density at radius 3 is 2.32 bits per heavy atom. The molecule has 2 rings (SSSR count). The van der Waals surface area contributed by atoms with Crippen molar-refractivity contribution in [2.75, 3.05) is 26.2 Å². The van der Waals surface area contributed by atoms with Crippen molar-refractivity contribution in [3.05, 3.63) is 35.4 Å². The van der Waals surface area contributed by atoms with Crippen molar-refractivity contribution in [1.82, 2.24) is 15.5 Å². The number of nitrogens with two attached hydrogens (primary N) is 1. The lowest BCUT2D eigenvalue weighted by Gasteiger charge is -2.33.